The van der Waals surface area contributed by atoms with Gasteiger partial charge in [0.15, 0.2) is 0 Å². The van der Waals surface area contributed by atoms with E-state index in [0.717, 1.165) is 25.4 Å². The zero-order valence-corrected chi connectivity index (χ0v) is 6.92. The first-order chi connectivity index (χ1) is 5.36. The highest BCUT2D eigenvalue weighted by Crippen LogP contribution is 2.36. The van der Waals surface area contributed by atoms with Gasteiger partial charge in [-0.1, -0.05) is 12.8 Å². The lowest BCUT2D eigenvalue weighted by Crippen LogP contribution is -2.40. The van der Waals surface area contributed by atoms with E-state index < -0.39 is 0 Å². The van der Waals surface area contributed by atoms with Gasteiger partial charge in [-0.3, -0.25) is 0 Å². The summed E-state index contributed by atoms with van der Waals surface area (Å²) < 4.78 is 0. The van der Waals surface area contributed by atoms with Crippen molar-refractivity contribution >= 4 is 0 Å². The molecular weight excluding hydrogens is 138 g/mol. The Labute approximate surface area is 68.0 Å². The SMILES string of the molecule is O[C@H]1CCNC[C@@H]1CC1CC1. The Hall–Kier alpha value is -0.0800. The molecule has 11 heavy (non-hydrogen) atoms. The molecule has 0 aromatic carbocycles. The molecule has 2 heteroatoms. The smallest absolute Gasteiger partial charge is 0.0592 e. The van der Waals surface area contributed by atoms with E-state index in [2.05, 4.69) is 5.32 Å². The molecule has 1 aliphatic carbocycles. The molecule has 2 aliphatic rings. The fraction of sp³-hybridized carbons (Fsp3) is 1.00. The summed E-state index contributed by atoms with van der Waals surface area (Å²) in [6.07, 6.45) is 5.01. The minimum Gasteiger partial charge on any atom is -0.393 e. The van der Waals surface area contributed by atoms with Crippen LogP contribution in [0.3, 0.4) is 0 Å². The Morgan fingerprint density at radius 2 is 2.09 bits per heavy atom. The number of hydrogen-bond acceptors (Lipinski definition) is 2. The third kappa shape index (κ3) is 1.94. The van der Waals surface area contributed by atoms with Gasteiger partial charge < -0.3 is 10.4 Å². The fourth-order valence-corrected chi connectivity index (χ4v) is 1.93. The minimum atomic E-state index is -0.0168. The van der Waals surface area contributed by atoms with Gasteiger partial charge in [-0.25, -0.2) is 0 Å². The van der Waals surface area contributed by atoms with Crippen LogP contribution in [0, 0.1) is 11.8 Å². The summed E-state index contributed by atoms with van der Waals surface area (Å²) in [7, 11) is 0. The van der Waals surface area contributed by atoms with Crippen molar-refractivity contribution in [1.82, 2.24) is 5.32 Å². The summed E-state index contributed by atoms with van der Waals surface area (Å²) in [5.41, 5.74) is 0. The van der Waals surface area contributed by atoms with E-state index >= 15 is 0 Å². The summed E-state index contributed by atoms with van der Waals surface area (Å²) in [4.78, 5) is 0. The highest BCUT2D eigenvalue weighted by molar-refractivity contribution is 4.83. The number of aliphatic hydroxyl groups is 1. The third-order valence-electron chi connectivity index (χ3n) is 2.90. The molecule has 0 aromatic rings. The van der Waals surface area contributed by atoms with E-state index in [9.17, 15) is 5.11 Å². The monoisotopic (exact) mass is 155 g/mol. The Morgan fingerprint density at radius 1 is 1.27 bits per heavy atom. The highest BCUT2D eigenvalue weighted by Gasteiger charge is 2.30. The zero-order valence-electron chi connectivity index (χ0n) is 6.92. The van der Waals surface area contributed by atoms with Crippen LogP contribution in [-0.2, 0) is 0 Å². The standard InChI is InChI=1S/C9H17NO/c11-9-3-4-10-6-8(9)5-7-1-2-7/h7-11H,1-6H2/t8-,9-/m0/s1. The van der Waals surface area contributed by atoms with Gasteiger partial charge in [0.1, 0.15) is 0 Å². The number of hydrogen-bond donors (Lipinski definition) is 2. The summed E-state index contributed by atoms with van der Waals surface area (Å²) in [6.45, 7) is 2.04. The van der Waals surface area contributed by atoms with Crippen LogP contribution >= 0.6 is 0 Å². The average molecular weight is 155 g/mol. The first-order valence-electron chi connectivity index (χ1n) is 4.75. The van der Waals surface area contributed by atoms with E-state index in [4.69, 9.17) is 0 Å². The van der Waals surface area contributed by atoms with Crippen LogP contribution in [0.1, 0.15) is 25.7 Å². The lowest BCUT2D eigenvalue weighted by molar-refractivity contribution is 0.0716. The second-order valence-corrected chi connectivity index (χ2v) is 4.00. The van der Waals surface area contributed by atoms with Crippen molar-refractivity contribution in [1.29, 1.82) is 0 Å². The zero-order chi connectivity index (χ0) is 7.68. The molecule has 1 saturated carbocycles. The summed E-state index contributed by atoms with van der Waals surface area (Å²) in [5.74, 6) is 1.51. The summed E-state index contributed by atoms with van der Waals surface area (Å²) in [5, 5.41) is 12.9. The largest absolute Gasteiger partial charge is 0.393 e. The van der Waals surface area contributed by atoms with Crippen molar-refractivity contribution in [3.8, 4) is 0 Å². The molecule has 0 bridgehead atoms. The van der Waals surface area contributed by atoms with Gasteiger partial charge in [0.25, 0.3) is 0 Å². The Morgan fingerprint density at radius 3 is 2.73 bits per heavy atom. The van der Waals surface area contributed by atoms with Crippen molar-refractivity contribution in [3.63, 3.8) is 0 Å². The Bertz CT molecular complexity index is 134. The maximum atomic E-state index is 9.61. The van der Waals surface area contributed by atoms with Crippen LogP contribution in [0.2, 0.25) is 0 Å². The predicted octanol–water partition coefficient (Wildman–Crippen LogP) is 0.757. The predicted molar refractivity (Wildman–Crippen MR) is 44.3 cm³/mol. The number of piperidine rings is 1. The number of rotatable bonds is 2. The van der Waals surface area contributed by atoms with Crippen molar-refractivity contribution in [2.24, 2.45) is 11.8 Å². The lowest BCUT2D eigenvalue weighted by Gasteiger charge is -2.28. The average Bonchev–Trinajstić information content (AvgIpc) is 2.78. The van der Waals surface area contributed by atoms with Crippen LogP contribution in [0.5, 0.6) is 0 Å². The molecule has 0 spiro atoms. The van der Waals surface area contributed by atoms with Gasteiger partial charge >= 0.3 is 0 Å². The van der Waals surface area contributed by atoms with Crippen LogP contribution in [0.15, 0.2) is 0 Å². The molecule has 0 radical (unpaired) electrons. The van der Waals surface area contributed by atoms with Crippen LogP contribution < -0.4 is 5.32 Å². The van der Waals surface area contributed by atoms with E-state index in [-0.39, 0.29) is 6.10 Å². The highest BCUT2D eigenvalue weighted by atomic mass is 16.3. The number of nitrogens with one attached hydrogen (secondary N) is 1. The van der Waals surface area contributed by atoms with Gasteiger partial charge in [0, 0.05) is 6.54 Å². The van der Waals surface area contributed by atoms with Crippen molar-refractivity contribution < 1.29 is 5.11 Å². The first-order valence-corrected chi connectivity index (χ1v) is 4.75. The van der Waals surface area contributed by atoms with Crippen molar-refractivity contribution in [2.75, 3.05) is 13.1 Å². The lowest BCUT2D eigenvalue weighted by atomic mass is 9.91. The topological polar surface area (TPSA) is 32.3 Å². The molecule has 1 aliphatic heterocycles. The van der Waals surface area contributed by atoms with Crippen LogP contribution in [0.25, 0.3) is 0 Å². The van der Waals surface area contributed by atoms with Crippen molar-refractivity contribution in [2.45, 2.75) is 31.8 Å². The quantitative estimate of drug-likeness (QED) is 0.617. The van der Waals surface area contributed by atoms with E-state index in [1.807, 2.05) is 0 Å². The molecule has 2 rings (SSSR count). The van der Waals surface area contributed by atoms with Gasteiger partial charge in [-0.2, -0.15) is 0 Å². The molecule has 0 unspecified atom stereocenters. The summed E-state index contributed by atoms with van der Waals surface area (Å²) in [6, 6.07) is 0. The minimum absolute atomic E-state index is 0.0168. The first kappa shape index (κ1) is 7.56. The second-order valence-electron chi connectivity index (χ2n) is 4.00. The van der Waals surface area contributed by atoms with Gasteiger partial charge in [-0.15, -0.1) is 0 Å². The fourth-order valence-electron chi connectivity index (χ4n) is 1.93. The number of aliphatic hydroxyl groups excluding tert-OH is 1. The van der Waals surface area contributed by atoms with Gasteiger partial charge in [-0.05, 0) is 31.2 Å². The van der Waals surface area contributed by atoms with Gasteiger partial charge in [0.2, 0.25) is 0 Å². The molecule has 0 amide bonds. The maximum absolute atomic E-state index is 9.61. The maximum Gasteiger partial charge on any atom is 0.0592 e. The molecule has 2 nitrogen and oxygen atoms in total. The van der Waals surface area contributed by atoms with E-state index in [1.165, 1.54) is 19.3 Å². The van der Waals surface area contributed by atoms with Crippen molar-refractivity contribution in [3.05, 3.63) is 0 Å². The molecule has 1 heterocycles. The molecule has 2 N–H and O–H groups in total. The molecule has 64 valence electrons. The molecule has 1 saturated heterocycles. The molecular formula is C9H17NO. The van der Waals surface area contributed by atoms with E-state index in [1.54, 1.807) is 0 Å². The van der Waals surface area contributed by atoms with Gasteiger partial charge in [0.05, 0.1) is 6.10 Å². The Balaban J connectivity index is 1.78. The van der Waals surface area contributed by atoms with E-state index in [0.29, 0.717) is 5.92 Å². The molecule has 2 atom stereocenters. The molecule has 0 aromatic heterocycles. The Kier molecular flexibility index (Phi) is 2.14. The van der Waals surface area contributed by atoms with Crippen LogP contribution in [-0.4, -0.2) is 24.3 Å². The van der Waals surface area contributed by atoms with Crippen LogP contribution in [0.4, 0.5) is 0 Å². The normalized spacial score (nSPS) is 39.0. The second kappa shape index (κ2) is 3.11. The summed E-state index contributed by atoms with van der Waals surface area (Å²) >= 11 is 0. The molecule has 2 fully saturated rings. The third-order valence-corrected chi connectivity index (χ3v) is 2.90.